The van der Waals surface area contributed by atoms with E-state index in [1.807, 2.05) is 12.1 Å². The first-order chi connectivity index (χ1) is 13.6. The van der Waals surface area contributed by atoms with Gasteiger partial charge in [-0.15, -0.1) is 0 Å². The van der Waals surface area contributed by atoms with Crippen LogP contribution in [0.3, 0.4) is 0 Å². The minimum absolute atomic E-state index is 0.752. The molecule has 0 aromatic heterocycles. The van der Waals surface area contributed by atoms with Gasteiger partial charge in [0.25, 0.3) is 0 Å². The number of anilines is 1. The zero-order valence-electron chi connectivity index (χ0n) is 17.9. The summed E-state index contributed by atoms with van der Waals surface area (Å²) in [5.41, 5.74) is 3.79. The molecule has 0 aliphatic heterocycles. The molecule has 2 aromatic carbocycles. The normalized spacial score (nSPS) is 10.9. The third-order valence-corrected chi connectivity index (χ3v) is 4.97. The molecule has 0 unspecified atom stereocenters. The summed E-state index contributed by atoms with van der Waals surface area (Å²) in [5, 5.41) is 0. The Morgan fingerprint density at radius 2 is 1.50 bits per heavy atom. The van der Waals surface area contributed by atoms with Gasteiger partial charge in [0.05, 0.1) is 20.8 Å². The molecule has 0 bridgehead atoms. The number of benzene rings is 2. The van der Waals surface area contributed by atoms with Gasteiger partial charge in [-0.3, -0.25) is 0 Å². The molecule has 0 heterocycles. The van der Waals surface area contributed by atoms with Crippen LogP contribution in [0, 0.1) is 0 Å². The molecule has 0 aliphatic carbocycles. The fraction of sp³-hybridized carbons (Fsp3) is 0.478. The molecule has 0 saturated heterocycles. The molecule has 0 radical (unpaired) electrons. The second-order valence-electron chi connectivity index (χ2n) is 6.92. The molecule has 0 N–H and O–H groups in total. The fourth-order valence-corrected chi connectivity index (χ4v) is 3.12. The molecular formula is C23H34N2O3. The highest BCUT2D eigenvalue weighted by atomic mass is 16.5. The molecular weight excluding hydrogens is 352 g/mol. The van der Waals surface area contributed by atoms with Crippen molar-refractivity contribution in [3.05, 3.63) is 53.6 Å². The first-order valence-electron chi connectivity index (χ1n) is 9.83. The van der Waals surface area contributed by atoms with Gasteiger partial charge >= 0.3 is 0 Å². The number of nitrogens with zero attached hydrogens (tertiary/aromatic N) is 2. The van der Waals surface area contributed by atoms with Gasteiger partial charge in [0.2, 0.25) is 0 Å². The van der Waals surface area contributed by atoms with Crippen LogP contribution in [0.1, 0.15) is 18.1 Å². The molecule has 5 heteroatoms. The van der Waals surface area contributed by atoms with Crippen molar-refractivity contribution in [2.24, 2.45) is 0 Å². The quantitative estimate of drug-likeness (QED) is 0.553. The van der Waals surface area contributed by atoms with E-state index in [0.29, 0.717) is 0 Å². The van der Waals surface area contributed by atoms with Crippen LogP contribution in [-0.4, -0.2) is 59.5 Å². The minimum atomic E-state index is 0.752. The summed E-state index contributed by atoms with van der Waals surface area (Å²) in [6, 6.07) is 15.0. The average Bonchev–Trinajstić information content (AvgIpc) is 2.74. The average molecular weight is 387 g/mol. The van der Waals surface area contributed by atoms with Gasteiger partial charge in [-0.1, -0.05) is 24.3 Å². The van der Waals surface area contributed by atoms with E-state index in [1.165, 1.54) is 11.1 Å². The van der Waals surface area contributed by atoms with Gasteiger partial charge in [-0.2, -0.15) is 0 Å². The SMILES string of the molecule is CCN(Cc1ccc(CCN(C)CCOC)cc1)c1ccc(OC)c(OC)c1. The van der Waals surface area contributed by atoms with E-state index in [-0.39, 0.29) is 0 Å². The highest BCUT2D eigenvalue weighted by Crippen LogP contribution is 2.32. The van der Waals surface area contributed by atoms with Crippen molar-refractivity contribution in [2.75, 3.05) is 59.5 Å². The van der Waals surface area contributed by atoms with Crippen molar-refractivity contribution < 1.29 is 14.2 Å². The zero-order valence-corrected chi connectivity index (χ0v) is 17.9. The van der Waals surface area contributed by atoms with Gasteiger partial charge in [0.1, 0.15) is 0 Å². The number of likely N-dealkylation sites (N-methyl/N-ethyl adjacent to an activating group) is 1. The summed E-state index contributed by atoms with van der Waals surface area (Å²) in [4.78, 5) is 4.63. The predicted molar refractivity (Wildman–Crippen MR) is 116 cm³/mol. The molecule has 0 aliphatic rings. The van der Waals surface area contributed by atoms with E-state index < -0.39 is 0 Å². The lowest BCUT2D eigenvalue weighted by atomic mass is 10.1. The predicted octanol–water partition coefficient (Wildman–Crippen LogP) is 3.85. The smallest absolute Gasteiger partial charge is 0.162 e. The Kier molecular flexibility index (Phi) is 9.11. The zero-order chi connectivity index (χ0) is 20.4. The van der Waals surface area contributed by atoms with Crippen LogP contribution in [0.5, 0.6) is 11.5 Å². The largest absolute Gasteiger partial charge is 0.493 e. The van der Waals surface area contributed by atoms with E-state index in [1.54, 1.807) is 21.3 Å². The molecule has 0 spiro atoms. The summed E-state index contributed by atoms with van der Waals surface area (Å²) in [7, 11) is 7.21. The third-order valence-electron chi connectivity index (χ3n) is 4.97. The Hall–Kier alpha value is -2.24. The fourth-order valence-electron chi connectivity index (χ4n) is 3.12. The van der Waals surface area contributed by atoms with E-state index >= 15 is 0 Å². The Morgan fingerprint density at radius 1 is 0.821 bits per heavy atom. The topological polar surface area (TPSA) is 34.2 Å². The molecule has 2 aromatic rings. The molecule has 5 nitrogen and oxygen atoms in total. The van der Waals surface area contributed by atoms with Crippen LogP contribution in [-0.2, 0) is 17.7 Å². The maximum absolute atomic E-state index is 5.44. The Labute approximate surface area is 169 Å². The Bertz CT molecular complexity index is 703. The number of hydrogen-bond acceptors (Lipinski definition) is 5. The molecule has 154 valence electrons. The van der Waals surface area contributed by atoms with Crippen molar-refractivity contribution in [3.63, 3.8) is 0 Å². The van der Waals surface area contributed by atoms with E-state index in [4.69, 9.17) is 14.2 Å². The van der Waals surface area contributed by atoms with Crippen molar-refractivity contribution in [2.45, 2.75) is 19.9 Å². The minimum Gasteiger partial charge on any atom is -0.493 e. The van der Waals surface area contributed by atoms with Crippen LogP contribution in [0.25, 0.3) is 0 Å². The Morgan fingerprint density at radius 3 is 2.11 bits per heavy atom. The molecule has 0 amide bonds. The number of methoxy groups -OCH3 is 3. The van der Waals surface area contributed by atoms with Crippen LogP contribution >= 0.6 is 0 Å². The monoisotopic (exact) mass is 386 g/mol. The first-order valence-corrected chi connectivity index (χ1v) is 9.83. The third kappa shape index (κ3) is 6.43. The molecule has 0 saturated carbocycles. The van der Waals surface area contributed by atoms with E-state index in [0.717, 1.165) is 56.4 Å². The first kappa shape index (κ1) is 22.1. The van der Waals surface area contributed by atoms with Gasteiger partial charge in [0, 0.05) is 45.0 Å². The number of ether oxygens (including phenoxy) is 3. The molecule has 28 heavy (non-hydrogen) atoms. The maximum Gasteiger partial charge on any atom is 0.162 e. The summed E-state index contributed by atoms with van der Waals surface area (Å²) in [6.45, 7) is 6.72. The van der Waals surface area contributed by atoms with Crippen LogP contribution in [0.2, 0.25) is 0 Å². The lowest BCUT2D eigenvalue weighted by Gasteiger charge is -2.24. The molecule has 0 fully saturated rings. The summed E-state index contributed by atoms with van der Waals surface area (Å²) >= 11 is 0. The van der Waals surface area contributed by atoms with Gasteiger partial charge < -0.3 is 24.0 Å². The summed E-state index contributed by atoms with van der Waals surface area (Å²) < 4.78 is 15.9. The van der Waals surface area contributed by atoms with Gasteiger partial charge in [-0.05, 0) is 43.7 Å². The second-order valence-corrected chi connectivity index (χ2v) is 6.92. The standard InChI is InChI=1S/C23H34N2O3/c1-6-25(21-11-12-22(27-4)23(17-21)28-5)18-20-9-7-19(8-10-20)13-14-24(2)15-16-26-3/h7-12,17H,6,13-16,18H2,1-5H3. The Balaban J connectivity index is 1.97. The lowest BCUT2D eigenvalue weighted by molar-refractivity contribution is 0.162. The van der Waals surface area contributed by atoms with Crippen molar-refractivity contribution in [3.8, 4) is 11.5 Å². The number of rotatable bonds is 12. The van der Waals surface area contributed by atoms with Crippen LogP contribution in [0.15, 0.2) is 42.5 Å². The second kappa shape index (κ2) is 11.6. The van der Waals surface area contributed by atoms with Crippen molar-refractivity contribution >= 4 is 5.69 Å². The van der Waals surface area contributed by atoms with Crippen molar-refractivity contribution in [1.29, 1.82) is 0 Å². The maximum atomic E-state index is 5.44. The highest BCUT2D eigenvalue weighted by Gasteiger charge is 2.10. The van der Waals surface area contributed by atoms with E-state index in [9.17, 15) is 0 Å². The molecule has 2 rings (SSSR count). The summed E-state index contributed by atoms with van der Waals surface area (Å²) in [6.07, 6.45) is 1.05. The van der Waals surface area contributed by atoms with Crippen molar-refractivity contribution in [1.82, 2.24) is 4.90 Å². The number of hydrogen-bond donors (Lipinski definition) is 0. The summed E-state index contributed by atoms with van der Waals surface area (Å²) in [5.74, 6) is 1.51. The van der Waals surface area contributed by atoms with Gasteiger partial charge in [-0.25, -0.2) is 0 Å². The lowest BCUT2D eigenvalue weighted by Crippen LogP contribution is -2.25. The van der Waals surface area contributed by atoms with Gasteiger partial charge in [0.15, 0.2) is 11.5 Å². The molecule has 0 atom stereocenters. The van der Waals surface area contributed by atoms with Crippen LogP contribution in [0.4, 0.5) is 5.69 Å². The van der Waals surface area contributed by atoms with E-state index in [2.05, 4.69) is 54.1 Å². The highest BCUT2D eigenvalue weighted by molar-refractivity contribution is 5.56. The van der Waals surface area contributed by atoms with Crippen LogP contribution < -0.4 is 14.4 Å².